The van der Waals surface area contributed by atoms with Crippen LogP contribution in [0.5, 0.6) is 11.5 Å². The van der Waals surface area contributed by atoms with Gasteiger partial charge in [-0.2, -0.15) is 0 Å². The standard InChI is InChI=1S/C44H53N5O9S/c1-3-30-25-44(30,42(52)48-59(54,55)32-18-19-32)47-40(50)36-22-31-26-49(36)41(51)39(28-15-10-11-16-28)46-43(53)57-20-12-5-4-7-17-29-21-33-35(24-37(29)56-2)45-34(23-38(33)58-31)27-13-8-6-9-14-27/h3,6,8-9,13-14,21,23-24,28,30-32,36,39H,1,4-5,7,10-12,15-20,22,25-26H2,2H3,(H,46,53)(H,47,50)(H,48,52)/t30-,31-,36+,39+,44-/m1/s1. The highest BCUT2D eigenvalue weighted by Crippen LogP contribution is 2.46. The molecule has 14 nitrogen and oxygen atoms in total. The molecule has 1 saturated heterocycles. The highest BCUT2D eigenvalue weighted by atomic mass is 32.2. The molecule has 0 radical (unpaired) electrons. The third-order valence-electron chi connectivity index (χ3n) is 12.6. The molecule has 3 saturated carbocycles. The molecule has 59 heavy (non-hydrogen) atoms. The van der Waals surface area contributed by atoms with Gasteiger partial charge in [0.05, 0.1) is 36.7 Å². The first-order valence-electron chi connectivity index (χ1n) is 21.0. The number of nitrogens with one attached hydrogen (secondary N) is 3. The van der Waals surface area contributed by atoms with E-state index in [1.807, 2.05) is 48.5 Å². The van der Waals surface area contributed by atoms with Crippen molar-refractivity contribution in [3.63, 3.8) is 0 Å². The van der Waals surface area contributed by atoms with Crippen LogP contribution in [0, 0.1) is 11.8 Å². The molecule has 0 unspecified atom stereocenters. The number of aryl methyl sites for hydroxylation is 1. The molecule has 5 atom stereocenters. The van der Waals surface area contributed by atoms with Crippen molar-refractivity contribution in [2.24, 2.45) is 11.8 Å². The topological polar surface area (TPSA) is 182 Å². The summed E-state index contributed by atoms with van der Waals surface area (Å²) in [5.41, 5.74) is 1.64. The van der Waals surface area contributed by atoms with Crippen LogP contribution in [0.3, 0.4) is 0 Å². The van der Waals surface area contributed by atoms with Gasteiger partial charge in [-0.25, -0.2) is 18.2 Å². The maximum absolute atomic E-state index is 14.9. The minimum Gasteiger partial charge on any atom is -0.496 e. The first kappa shape index (κ1) is 40.6. The van der Waals surface area contributed by atoms with E-state index < -0.39 is 68.7 Å². The van der Waals surface area contributed by atoms with E-state index in [4.69, 9.17) is 19.2 Å². The number of alkyl carbamates (subject to hydrolysis) is 1. The fourth-order valence-electron chi connectivity index (χ4n) is 9.04. The number of amides is 4. The highest BCUT2D eigenvalue weighted by Gasteiger charge is 2.62. The van der Waals surface area contributed by atoms with Crippen molar-refractivity contribution in [2.75, 3.05) is 20.3 Å². The van der Waals surface area contributed by atoms with Gasteiger partial charge >= 0.3 is 6.09 Å². The van der Waals surface area contributed by atoms with Crippen LogP contribution >= 0.6 is 0 Å². The number of methoxy groups -OCH3 is 1. The molecule has 3 aliphatic carbocycles. The van der Waals surface area contributed by atoms with Crippen molar-refractivity contribution in [1.82, 2.24) is 25.2 Å². The van der Waals surface area contributed by atoms with Crippen LogP contribution < -0.4 is 24.8 Å². The minimum atomic E-state index is -3.91. The van der Waals surface area contributed by atoms with Gasteiger partial charge in [0, 0.05) is 35.4 Å². The number of hydrogen-bond donors (Lipinski definition) is 3. The predicted molar refractivity (Wildman–Crippen MR) is 220 cm³/mol. The van der Waals surface area contributed by atoms with Crippen molar-refractivity contribution in [3.8, 4) is 22.8 Å². The quantitative estimate of drug-likeness (QED) is 0.239. The van der Waals surface area contributed by atoms with Gasteiger partial charge in [-0.15, -0.1) is 6.58 Å². The van der Waals surface area contributed by atoms with Gasteiger partial charge < -0.3 is 29.7 Å². The summed E-state index contributed by atoms with van der Waals surface area (Å²) in [5, 5.41) is 5.86. The van der Waals surface area contributed by atoms with Gasteiger partial charge in [-0.3, -0.25) is 19.1 Å². The lowest BCUT2D eigenvalue weighted by atomic mass is 9.96. The molecule has 0 spiro atoms. The number of carbonyl (C=O) groups excluding carboxylic acids is 4. The predicted octanol–water partition coefficient (Wildman–Crippen LogP) is 5.33. The number of aromatic nitrogens is 1. The number of ether oxygens (including phenoxy) is 3. The molecule has 3 N–H and O–H groups in total. The molecule has 2 aliphatic heterocycles. The van der Waals surface area contributed by atoms with E-state index >= 15 is 0 Å². The number of sulfonamides is 1. The zero-order valence-electron chi connectivity index (χ0n) is 33.5. The second-order valence-electron chi connectivity index (χ2n) is 16.7. The summed E-state index contributed by atoms with van der Waals surface area (Å²) in [6, 6.07) is 13.5. The summed E-state index contributed by atoms with van der Waals surface area (Å²) in [7, 11) is -2.27. The van der Waals surface area contributed by atoms with E-state index in [1.54, 1.807) is 7.11 Å². The lowest BCUT2D eigenvalue weighted by Crippen LogP contribution is -2.59. The monoisotopic (exact) mass is 827 g/mol. The third kappa shape index (κ3) is 8.62. The van der Waals surface area contributed by atoms with Crippen LogP contribution in [-0.4, -0.2) is 91.4 Å². The first-order chi connectivity index (χ1) is 28.5. The van der Waals surface area contributed by atoms with E-state index in [1.165, 1.54) is 11.0 Å². The molecule has 15 heteroatoms. The Labute approximate surface area is 344 Å². The Balaban J connectivity index is 1.17. The summed E-state index contributed by atoms with van der Waals surface area (Å²) in [4.78, 5) is 62.8. The van der Waals surface area contributed by atoms with E-state index in [9.17, 15) is 27.6 Å². The third-order valence-corrected chi connectivity index (χ3v) is 14.4. The summed E-state index contributed by atoms with van der Waals surface area (Å²) < 4.78 is 46.2. The number of pyridine rings is 1. The van der Waals surface area contributed by atoms with Gasteiger partial charge in [0.25, 0.3) is 5.91 Å². The average molecular weight is 828 g/mol. The molecule has 2 aromatic carbocycles. The van der Waals surface area contributed by atoms with Crippen LogP contribution in [0.1, 0.15) is 82.6 Å². The zero-order valence-corrected chi connectivity index (χ0v) is 34.3. The van der Waals surface area contributed by atoms with Crippen molar-refractivity contribution >= 4 is 44.7 Å². The number of hydrogen-bond acceptors (Lipinski definition) is 10. The van der Waals surface area contributed by atoms with Gasteiger partial charge in [0.1, 0.15) is 35.2 Å². The van der Waals surface area contributed by atoms with E-state index in [0.29, 0.717) is 42.0 Å². The van der Waals surface area contributed by atoms with Crippen LogP contribution in [0.15, 0.2) is 61.2 Å². The van der Waals surface area contributed by atoms with Crippen LogP contribution in [-0.2, 0) is 35.6 Å². The summed E-state index contributed by atoms with van der Waals surface area (Å²) in [6.07, 6.45) is 8.57. The fourth-order valence-corrected chi connectivity index (χ4v) is 10.4. The molecular weight excluding hydrogens is 775 g/mol. The SMILES string of the molecule is C=C[C@@H]1C[C@]1(NC(=O)[C@@H]1C[C@@H]2CN1C(=O)[C@H](C1CCCC1)NC(=O)OCCCCCCc1cc3c(cc(-c4ccccc4)nc3cc1OC)O2)C(=O)NS(=O)(=O)C1CC1. The lowest BCUT2D eigenvalue weighted by Gasteiger charge is -2.32. The summed E-state index contributed by atoms with van der Waals surface area (Å²) in [5.74, 6) is -1.34. The van der Waals surface area contributed by atoms with Crippen molar-refractivity contribution in [1.29, 1.82) is 0 Å². The van der Waals surface area contributed by atoms with Crippen LogP contribution in [0.2, 0.25) is 0 Å². The number of benzene rings is 2. The first-order valence-corrected chi connectivity index (χ1v) is 22.5. The van der Waals surface area contributed by atoms with Gasteiger partial charge in [-0.05, 0) is 68.9 Å². The Kier molecular flexibility index (Phi) is 11.6. The Morgan fingerprint density at radius 2 is 1.78 bits per heavy atom. The minimum absolute atomic E-state index is 0.00447. The number of nitrogens with zero attached hydrogens (tertiary/aromatic N) is 2. The molecule has 4 fully saturated rings. The van der Waals surface area contributed by atoms with Gasteiger partial charge in [0.2, 0.25) is 21.8 Å². The van der Waals surface area contributed by atoms with E-state index in [-0.39, 0.29) is 31.9 Å². The summed E-state index contributed by atoms with van der Waals surface area (Å²) >= 11 is 0. The van der Waals surface area contributed by atoms with Crippen LogP contribution in [0.4, 0.5) is 4.79 Å². The number of rotatable bonds is 9. The van der Waals surface area contributed by atoms with Gasteiger partial charge in [0.15, 0.2) is 0 Å². The Hall–Kier alpha value is -5.18. The number of carbonyl (C=O) groups is 4. The lowest BCUT2D eigenvalue weighted by molar-refractivity contribution is -0.142. The molecule has 3 aromatic rings. The smallest absolute Gasteiger partial charge is 0.407 e. The largest absolute Gasteiger partial charge is 0.496 e. The molecule has 3 heterocycles. The van der Waals surface area contributed by atoms with Crippen molar-refractivity contribution < 1.29 is 41.8 Å². The molecule has 8 rings (SSSR count). The number of cyclic esters (lactones) is 1. The fraction of sp³-hybridized carbons (Fsp3) is 0.523. The Morgan fingerprint density at radius 1 is 1.02 bits per heavy atom. The molecule has 314 valence electrons. The highest BCUT2D eigenvalue weighted by molar-refractivity contribution is 7.91. The maximum Gasteiger partial charge on any atom is 0.407 e. The molecular formula is C44H53N5O9S. The Morgan fingerprint density at radius 3 is 2.49 bits per heavy atom. The molecule has 4 amide bonds. The number of fused-ring (bicyclic) bond motifs is 3. The normalized spacial score (nSPS) is 26.8. The van der Waals surface area contributed by atoms with E-state index in [0.717, 1.165) is 67.9 Å². The van der Waals surface area contributed by atoms with E-state index in [2.05, 4.69) is 21.9 Å². The molecule has 1 aromatic heterocycles. The average Bonchev–Trinajstić information content (AvgIpc) is 4.11. The molecule has 4 bridgehead atoms. The van der Waals surface area contributed by atoms with Gasteiger partial charge in [-0.1, -0.05) is 62.1 Å². The van der Waals surface area contributed by atoms with Crippen LogP contribution in [0.25, 0.3) is 22.2 Å². The molecule has 5 aliphatic rings. The Bertz CT molecular complexity index is 2230. The second-order valence-corrected chi connectivity index (χ2v) is 18.6. The van der Waals surface area contributed by atoms with Crippen molar-refractivity contribution in [2.45, 2.75) is 112 Å². The zero-order chi connectivity index (χ0) is 41.3. The maximum atomic E-state index is 14.9. The van der Waals surface area contributed by atoms with Crippen molar-refractivity contribution in [3.05, 3.63) is 66.7 Å². The summed E-state index contributed by atoms with van der Waals surface area (Å²) in [6.45, 7) is 4.03. The second kappa shape index (κ2) is 16.8.